The van der Waals surface area contributed by atoms with Crippen LogP contribution in [0, 0.1) is 0 Å². The minimum Gasteiger partial charge on any atom is -0.435 e. The summed E-state index contributed by atoms with van der Waals surface area (Å²) >= 11 is 0. The molecule has 2 N–H and O–H groups in total. The Morgan fingerprint density at radius 3 is 2.28 bits per heavy atom. The van der Waals surface area contributed by atoms with Crippen LogP contribution in [0.4, 0.5) is 20.2 Å². The van der Waals surface area contributed by atoms with Crippen molar-refractivity contribution < 1.29 is 23.1 Å². The zero-order chi connectivity index (χ0) is 18.2. The molecule has 0 saturated heterocycles. The van der Waals surface area contributed by atoms with Gasteiger partial charge in [0, 0.05) is 24.4 Å². The van der Waals surface area contributed by atoms with Gasteiger partial charge >= 0.3 is 6.61 Å². The number of hydrogen-bond acceptors (Lipinski definition) is 3. The van der Waals surface area contributed by atoms with E-state index in [0.717, 1.165) is 0 Å². The molecule has 0 aromatic heterocycles. The van der Waals surface area contributed by atoms with E-state index in [2.05, 4.69) is 15.4 Å². The van der Waals surface area contributed by atoms with E-state index in [1.165, 1.54) is 25.1 Å². The summed E-state index contributed by atoms with van der Waals surface area (Å²) in [6.45, 7) is -1.48. The highest BCUT2D eigenvalue weighted by atomic mass is 19.3. The maximum atomic E-state index is 12.1. The van der Waals surface area contributed by atoms with E-state index >= 15 is 0 Å². The second-order valence-corrected chi connectivity index (χ2v) is 5.03. The molecule has 2 aromatic carbocycles. The molecule has 2 rings (SSSR count). The van der Waals surface area contributed by atoms with Gasteiger partial charge in [-0.2, -0.15) is 8.78 Å². The van der Waals surface area contributed by atoms with Crippen LogP contribution in [0.3, 0.4) is 0 Å². The van der Waals surface area contributed by atoms with Crippen molar-refractivity contribution in [2.45, 2.75) is 13.5 Å². The lowest BCUT2D eigenvalue weighted by Crippen LogP contribution is -2.09. The lowest BCUT2D eigenvalue weighted by Gasteiger charge is -2.06. The average molecular weight is 346 g/mol. The number of anilines is 2. The summed E-state index contributed by atoms with van der Waals surface area (Å²) in [5.74, 6) is -0.526. The fraction of sp³-hybridized carbons (Fsp3) is 0.111. The number of hydrogen-bond donors (Lipinski definition) is 2. The maximum absolute atomic E-state index is 12.1. The van der Waals surface area contributed by atoms with Crippen molar-refractivity contribution in [1.29, 1.82) is 0 Å². The van der Waals surface area contributed by atoms with Crippen LogP contribution in [0.25, 0.3) is 6.08 Å². The summed E-state index contributed by atoms with van der Waals surface area (Å²) in [7, 11) is 0. The molecule has 0 unspecified atom stereocenters. The van der Waals surface area contributed by atoms with Crippen LogP contribution in [0.5, 0.6) is 5.75 Å². The topological polar surface area (TPSA) is 67.4 Å². The molecule has 0 spiro atoms. The third kappa shape index (κ3) is 6.42. The van der Waals surface area contributed by atoms with Crippen molar-refractivity contribution >= 4 is 29.3 Å². The Labute approximate surface area is 143 Å². The Balaban J connectivity index is 1.95. The lowest BCUT2D eigenvalue weighted by molar-refractivity contribution is -0.114. The number of carbonyl (C=O) groups is 2. The van der Waals surface area contributed by atoms with Gasteiger partial charge in [-0.15, -0.1) is 0 Å². The summed E-state index contributed by atoms with van der Waals surface area (Å²) < 4.78 is 28.4. The maximum Gasteiger partial charge on any atom is 0.387 e. The molecule has 7 heteroatoms. The van der Waals surface area contributed by atoms with E-state index in [9.17, 15) is 18.4 Å². The first-order valence-electron chi connectivity index (χ1n) is 7.34. The van der Waals surface area contributed by atoms with Gasteiger partial charge in [0.25, 0.3) is 0 Å². The molecule has 0 heterocycles. The second-order valence-electron chi connectivity index (χ2n) is 5.03. The lowest BCUT2D eigenvalue weighted by atomic mass is 10.2. The third-order valence-electron chi connectivity index (χ3n) is 2.98. The molecule has 0 radical (unpaired) electrons. The van der Waals surface area contributed by atoms with E-state index < -0.39 is 6.61 Å². The predicted octanol–water partition coefficient (Wildman–Crippen LogP) is 3.90. The van der Waals surface area contributed by atoms with Crippen LogP contribution < -0.4 is 15.4 Å². The molecule has 25 heavy (non-hydrogen) atoms. The number of rotatable bonds is 6. The highest BCUT2D eigenvalue weighted by molar-refractivity contribution is 6.02. The molecule has 130 valence electrons. The van der Waals surface area contributed by atoms with Gasteiger partial charge in [-0.1, -0.05) is 18.2 Å². The van der Waals surface area contributed by atoms with Gasteiger partial charge in [-0.05, 0) is 42.0 Å². The molecular formula is C18H16F2N2O3. The van der Waals surface area contributed by atoms with Gasteiger partial charge < -0.3 is 15.4 Å². The Hall–Kier alpha value is -3.22. The number of benzene rings is 2. The highest BCUT2D eigenvalue weighted by Crippen LogP contribution is 2.17. The Morgan fingerprint density at radius 1 is 1.04 bits per heavy atom. The van der Waals surface area contributed by atoms with E-state index in [4.69, 9.17) is 0 Å². The summed E-state index contributed by atoms with van der Waals surface area (Å²) in [6.07, 6.45) is 2.85. The minimum absolute atomic E-state index is 0.0476. The van der Waals surface area contributed by atoms with Crippen LogP contribution in [0.1, 0.15) is 12.5 Å². The summed E-state index contributed by atoms with van der Waals surface area (Å²) in [4.78, 5) is 23.0. The van der Waals surface area contributed by atoms with E-state index in [1.807, 2.05) is 0 Å². The molecule has 0 aliphatic rings. The smallest absolute Gasteiger partial charge is 0.387 e. The first-order chi connectivity index (χ1) is 11.9. The molecule has 2 aromatic rings. The zero-order valence-electron chi connectivity index (χ0n) is 13.3. The standard InChI is InChI=1S/C18H16F2N2O3/c1-12(23)21-14-3-2-4-15(11-14)22-17(24)10-7-13-5-8-16(9-6-13)25-18(19)20/h2-11,18H,1H3,(H,21,23)(H,22,24). The van der Waals surface area contributed by atoms with Gasteiger partial charge in [-0.25, -0.2) is 0 Å². The molecule has 0 aliphatic heterocycles. The van der Waals surface area contributed by atoms with Crippen LogP contribution in [-0.4, -0.2) is 18.4 Å². The number of halogens is 2. The number of ether oxygens (including phenoxy) is 1. The van der Waals surface area contributed by atoms with Crippen molar-refractivity contribution in [3.63, 3.8) is 0 Å². The first-order valence-corrected chi connectivity index (χ1v) is 7.34. The number of amides is 2. The molecule has 5 nitrogen and oxygen atoms in total. The van der Waals surface area contributed by atoms with Crippen LogP contribution in [0.2, 0.25) is 0 Å². The van der Waals surface area contributed by atoms with E-state index in [1.54, 1.807) is 42.5 Å². The van der Waals surface area contributed by atoms with Crippen molar-refractivity contribution in [3.8, 4) is 5.75 Å². The van der Waals surface area contributed by atoms with Crippen molar-refractivity contribution in [2.24, 2.45) is 0 Å². The van der Waals surface area contributed by atoms with Gasteiger partial charge in [0.1, 0.15) is 5.75 Å². The average Bonchev–Trinajstić information content (AvgIpc) is 2.53. The molecule has 0 aliphatic carbocycles. The Kier molecular flexibility index (Phi) is 6.22. The zero-order valence-corrected chi connectivity index (χ0v) is 13.3. The SMILES string of the molecule is CC(=O)Nc1cccc(NC(=O)C=Cc2ccc(OC(F)F)cc2)c1. The first kappa shape index (κ1) is 18.1. The molecule has 0 fully saturated rings. The molecular weight excluding hydrogens is 330 g/mol. The number of carbonyl (C=O) groups excluding carboxylic acids is 2. The molecule has 2 amide bonds. The van der Waals surface area contributed by atoms with Crippen LogP contribution in [-0.2, 0) is 9.59 Å². The molecule has 0 bridgehead atoms. The Morgan fingerprint density at radius 2 is 1.68 bits per heavy atom. The van der Waals surface area contributed by atoms with Crippen LogP contribution in [0.15, 0.2) is 54.6 Å². The number of nitrogens with one attached hydrogen (secondary N) is 2. The largest absolute Gasteiger partial charge is 0.435 e. The van der Waals surface area contributed by atoms with Gasteiger partial charge in [0.05, 0.1) is 0 Å². The van der Waals surface area contributed by atoms with Crippen molar-refractivity contribution in [2.75, 3.05) is 10.6 Å². The summed E-state index contributed by atoms with van der Waals surface area (Å²) in [6, 6.07) is 12.6. The monoisotopic (exact) mass is 346 g/mol. The van der Waals surface area contributed by atoms with E-state index in [-0.39, 0.29) is 17.6 Å². The van der Waals surface area contributed by atoms with Gasteiger partial charge in [0.15, 0.2) is 0 Å². The van der Waals surface area contributed by atoms with Crippen LogP contribution >= 0.6 is 0 Å². The van der Waals surface area contributed by atoms with Gasteiger partial charge in [0.2, 0.25) is 11.8 Å². The normalized spacial score (nSPS) is 10.7. The highest BCUT2D eigenvalue weighted by Gasteiger charge is 2.03. The second kappa shape index (κ2) is 8.58. The fourth-order valence-electron chi connectivity index (χ4n) is 1.99. The number of alkyl halides is 2. The minimum atomic E-state index is -2.87. The van der Waals surface area contributed by atoms with Crippen molar-refractivity contribution in [1.82, 2.24) is 0 Å². The van der Waals surface area contributed by atoms with E-state index in [0.29, 0.717) is 16.9 Å². The van der Waals surface area contributed by atoms with Crippen molar-refractivity contribution in [3.05, 3.63) is 60.2 Å². The quantitative estimate of drug-likeness (QED) is 0.780. The summed E-state index contributed by atoms with van der Waals surface area (Å²) in [5, 5.41) is 5.28. The third-order valence-corrected chi connectivity index (χ3v) is 2.98. The molecule has 0 atom stereocenters. The molecule has 0 saturated carbocycles. The fourth-order valence-corrected chi connectivity index (χ4v) is 1.99. The Bertz CT molecular complexity index is 774. The summed E-state index contributed by atoms with van der Waals surface area (Å²) in [5.41, 5.74) is 1.76. The van der Waals surface area contributed by atoms with Gasteiger partial charge in [-0.3, -0.25) is 9.59 Å². The predicted molar refractivity (Wildman–Crippen MR) is 91.5 cm³/mol.